The first-order valence-electron chi connectivity index (χ1n) is 13.2. The number of hydrogen-bond donors (Lipinski definition) is 0. The van der Waals surface area contributed by atoms with Gasteiger partial charge in [0.2, 0.25) is 0 Å². The second kappa shape index (κ2) is 10.4. The summed E-state index contributed by atoms with van der Waals surface area (Å²) in [5.41, 5.74) is 4.59. The molecular formula is C29H36FN5O. The van der Waals surface area contributed by atoms with E-state index in [9.17, 15) is 9.18 Å². The lowest BCUT2D eigenvalue weighted by atomic mass is 10.1. The minimum atomic E-state index is -0.283. The number of rotatable bonds is 8. The molecule has 6 nitrogen and oxygen atoms in total. The Morgan fingerprint density at radius 3 is 2.39 bits per heavy atom. The molecule has 1 saturated carbocycles. The molecular weight excluding hydrogens is 453 g/mol. The molecule has 5 rings (SSSR count). The van der Waals surface area contributed by atoms with Crippen LogP contribution in [0.25, 0.3) is 5.69 Å². The van der Waals surface area contributed by atoms with Crippen LogP contribution in [0.1, 0.15) is 53.9 Å². The molecule has 2 fully saturated rings. The summed E-state index contributed by atoms with van der Waals surface area (Å²) >= 11 is 0. The van der Waals surface area contributed by atoms with Gasteiger partial charge >= 0.3 is 0 Å². The topological polar surface area (TPSA) is 44.6 Å². The molecule has 1 amide bonds. The van der Waals surface area contributed by atoms with Crippen molar-refractivity contribution in [3.05, 3.63) is 76.7 Å². The van der Waals surface area contributed by atoms with Gasteiger partial charge in [-0.25, -0.2) is 9.07 Å². The number of likely N-dealkylation sites (N-methyl/N-ethyl adjacent to an activating group) is 1. The van der Waals surface area contributed by atoms with Crippen molar-refractivity contribution >= 4 is 11.7 Å². The Balaban J connectivity index is 1.51. The minimum absolute atomic E-state index is 0.0693. The van der Waals surface area contributed by atoms with Crippen molar-refractivity contribution in [2.24, 2.45) is 0 Å². The van der Waals surface area contributed by atoms with E-state index in [0.29, 0.717) is 12.2 Å². The predicted octanol–water partition coefficient (Wildman–Crippen LogP) is 4.83. The molecule has 0 unspecified atom stereocenters. The van der Waals surface area contributed by atoms with Gasteiger partial charge in [-0.1, -0.05) is 32.0 Å². The van der Waals surface area contributed by atoms with E-state index in [1.807, 2.05) is 46.8 Å². The third kappa shape index (κ3) is 5.03. The molecule has 2 aromatic carbocycles. The number of carbonyl (C=O) groups is 1. The molecule has 1 aromatic heterocycles. The van der Waals surface area contributed by atoms with Gasteiger partial charge in [0, 0.05) is 43.3 Å². The summed E-state index contributed by atoms with van der Waals surface area (Å²) in [6, 6.07) is 14.8. The Bertz CT molecular complexity index is 1210. The van der Waals surface area contributed by atoms with E-state index in [2.05, 4.69) is 23.6 Å². The molecule has 190 valence electrons. The number of anilines is 1. The average Bonchev–Trinajstić information content (AvgIpc) is 3.70. The fourth-order valence-electron chi connectivity index (χ4n) is 5.09. The zero-order valence-electron chi connectivity index (χ0n) is 21.6. The van der Waals surface area contributed by atoms with Crippen LogP contribution in [0.15, 0.2) is 48.5 Å². The van der Waals surface area contributed by atoms with Crippen molar-refractivity contribution in [3.8, 4) is 5.69 Å². The standard InChI is InChI=1S/C29H36FN5O/c1-4-22-9-11-23(12-10-22)29(36)34(25-13-14-25)20-27-21(3)31-35(26-8-6-7-24(30)19-26)28(27)33-17-15-32(5-2)16-18-33/h6-12,19,25H,4-5,13-18,20H2,1-3H3. The summed E-state index contributed by atoms with van der Waals surface area (Å²) < 4.78 is 16.1. The molecule has 2 heterocycles. The molecule has 0 radical (unpaired) electrons. The molecule has 36 heavy (non-hydrogen) atoms. The fraction of sp³-hybridized carbons (Fsp3) is 0.448. The fourth-order valence-corrected chi connectivity index (χ4v) is 5.09. The molecule has 0 spiro atoms. The smallest absolute Gasteiger partial charge is 0.254 e. The monoisotopic (exact) mass is 489 g/mol. The van der Waals surface area contributed by atoms with E-state index in [1.54, 1.807) is 6.07 Å². The number of benzene rings is 2. The van der Waals surface area contributed by atoms with Crippen LogP contribution in [-0.4, -0.2) is 64.3 Å². The largest absolute Gasteiger partial charge is 0.354 e. The first-order chi connectivity index (χ1) is 17.5. The highest BCUT2D eigenvalue weighted by molar-refractivity contribution is 5.94. The Labute approximate surface area is 213 Å². The van der Waals surface area contributed by atoms with Crippen LogP contribution in [0.3, 0.4) is 0 Å². The van der Waals surface area contributed by atoms with Crippen molar-refractivity contribution < 1.29 is 9.18 Å². The van der Waals surface area contributed by atoms with E-state index >= 15 is 0 Å². The summed E-state index contributed by atoms with van der Waals surface area (Å²) in [6.45, 7) is 11.5. The summed E-state index contributed by atoms with van der Waals surface area (Å²) in [5, 5.41) is 4.88. The van der Waals surface area contributed by atoms with Crippen molar-refractivity contribution in [1.82, 2.24) is 19.6 Å². The maximum absolute atomic E-state index is 14.2. The molecule has 1 aliphatic heterocycles. The molecule has 0 N–H and O–H groups in total. The summed E-state index contributed by atoms with van der Waals surface area (Å²) in [5.74, 6) is 0.766. The SMILES string of the molecule is CCc1ccc(C(=O)N(Cc2c(C)nn(-c3cccc(F)c3)c2N2CCN(CC)CC2)C2CC2)cc1. The number of carbonyl (C=O) groups excluding carboxylic acids is 1. The summed E-state index contributed by atoms with van der Waals surface area (Å²) in [4.78, 5) is 20.5. The number of piperazine rings is 1. The van der Waals surface area contributed by atoms with Crippen LogP contribution in [0.4, 0.5) is 10.2 Å². The van der Waals surface area contributed by atoms with Crippen LogP contribution < -0.4 is 4.90 Å². The van der Waals surface area contributed by atoms with Crippen molar-refractivity contribution in [3.63, 3.8) is 0 Å². The number of amides is 1. The van der Waals surface area contributed by atoms with Gasteiger partial charge in [0.25, 0.3) is 5.91 Å². The molecule has 1 saturated heterocycles. The van der Waals surface area contributed by atoms with Gasteiger partial charge in [-0.05, 0) is 68.6 Å². The lowest BCUT2D eigenvalue weighted by Gasteiger charge is -2.36. The van der Waals surface area contributed by atoms with E-state index < -0.39 is 0 Å². The molecule has 3 aromatic rings. The predicted molar refractivity (Wildman–Crippen MR) is 141 cm³/mol. The highest BCUT2D eigenvalue weighted by atomic mass is 19.1. The summed E-state index contributed by atoms with van der Waals surface area (Å²) in [7, 11) is 0. The first-order valence-corrected chi connectivity index (χ1v) is 13.2. The van der Waals surface area contributed by atoms with Gasteiger partial charge in [-0.2, -0.15) is 5.10 Å². The first kappa shape index (κ1) is 24.5. The third-order valence-electron chi connectivity index (χ3n) is 7.52. The van der Waals surface area contributed by atoms with Crippen LogP contribution in [0, 0.1) is 12.7 Å². The maximum Gasteiger partial charge on any atom is 0.254 e. The zero-order chi connectivity index (χ0) is 25.2. The third-order valence-corrected chi connectivity index (χ3v) is 7.52. The molecule has 0 atom stereocenters. The molecule has 7 heteroatoms. The number of halogens is 1. The van der Waals surface area contributed by atoms with Crippen molar-refractivity contribution in [1.29, 1.82) is 0 Å². The summed E-state index contributed by atoms with van der Waals surface area (Å²) in [6.07, 6.45) is 3.01. The van der Waals surface area contributed by atoms with Crippen molar-refractivity contribution in [2.75, 3.05) is 37.6 Å². The Kier molecular flexibility index (Phi) is 7.10. The van der Waals surface area contributed by atoms with E-state index in [0.717, 1.165) is 74.6 Å². The van der Waals surface area contributed by atoms with Gasteiger partial charge in [0.05, 0.1) is 17.9 Å². The lowest BCUT2D eigenvalue weighted by molar-refractivity contribution is 0.0730. The normalized spacial score (nSPS) is 16.4. The van der Waals surface area contributed by atoms with E-state index in [-0.39, 0.29) is 17.8 Å². The van der Waals surface area contributed by atoms with E-state index in [1.165, 1.54) is 17.7 Å². The number of nitrogens with zero attached hydrogens (tertiary/aromatic N) is 5. The van der Waals surface area contributed by atoms with Crippen molar-refractivity contribution in [2.45, 2.75) is 52.6 Å². The van der Waals surface area contributed by atoms with Crippen LogP contribution in [-0.2, 0) is 13.0 Å². The maximum atomic E-state index is 14.2. The highest BCUT2D eigenvalue weighted by Crippen LogP contribution is 2.35. The quantitative estimate of drug-likeness (QED) is 0.455. The second-order valence-corrected chi connectivity index (χ2v) is 9.92. The van der Waals surface area contributed by atoms with Gasteiger partial charge in [0.1, 0.15) is 11.6 Å². The Morgan fingerprint density at radius 2 is 1.78 bits per heavy atom. The Morgan fingerprint density at radius 1 is 1.06 bits per heavy atom. The van der Waals surface area contributed by atoms with Gasteiger partial charge in [-0.15, -0.1) is 0 Å². The van der Waals surface area contributed by atoms with Crippen LogP contribution in [0.2, 0.25) is 0 Å². The second-order valence-electron chi connectivity index (χ2n) is 9.92. The molecule has 2 aliphatic rings. The lowest BCUT2D eigenvalue weighted by Crippen LogP contribution is -2.47. The molecule has 1 aliphatic carbocycles. The van der Waals surface area contributed by atoms with Gasteiger partial charge < -0.3 is 14.7 Å². The average molecular weight is 490 g/mol. The van der Waals surface area contributed by atoms with Crippen LogP contribution >= 0.6 is 0 Å². The number of aromatic nitrogens is 2. The Hall–Kier alpha value is -3.19. The molecule has 0 bridgehead atoms. The van der Waals surface area contributed by atoms with E-state index in [4.69, 9.17) is 5.10 Å². The van der Waals surface area contributed by atoms with Crippen LogP contribution in [0.5, 0.6) is 0 Å². The zero-order valence-corrected chi connectivity index (χ0v) is 21.6. The van der Waals surface area contributed by atoms with Gasteiger partial charge in [-0.3, -0.25) is 4.79 Å². The van der Waals surface area contributed by atoms with Gasteiger partial charge in [0.15, 0.2) is 0 Å². The highest BCUT2D eigenvalue weighted by Gasteiger charge is 2.35. The number of aryl methyl sites for hydroxylation is 2. The minimum Gasteiger partial charge on any atom is -0.354 e. The number of hydrogen-bond acceptors (Lipinski definition) is 4.